The van der Waals surface area contributed by atoms with Gasteiger partial charge in [-0.3, -0.25) is 4.79 Å². The Labute approximate surface area is 121 Å². The Hall–Kier alpha value is -1.76. The highest BCUT2D eigenvalue weighted by atomic mass is 32.1. The van der Waals surface area contributed by atoms with Crippen molar-refractivity contribution in [3.05, 3.63) is 17.0 Å². The number of aromatic nitrogens is 4. The summed E-state index contributed by atoms with van der Waals surface area (Å²) in [5.41, 5.74) is 1.19. The van der Waals surface area contributed by atoms with Crippen molar-refractivity contribution in [3.63, 3.8) is 0 Å². The van der Waals surface area contributed by atoms with Gasteiger partial charge in [0.1, 0.15) is 0 Å². The van der Waals surface area contributed by atoms with E-state index in [9.17, 15) is 4.79 Å². The predicted molar refractivity (Wildman–Crippen MR) is 76.7 cm³/mol. The van der Waals surface area contributed by atoms with Gasteiger partial charge in [-0.15, -0.1) is 16.4 Å². The third kappa shape index (κ3) is 3.04. The first-order valence-corrected chi connectivity index (χ1v) is 7.61. The molecule has 2 rings (SSSR count). The minimum absolute atomic E-state index is 0.0404. The zero-order valence-corrected chi connectivity index (χ0v) is 12.4. The summed E-state index contributed by atoms with van der Waals surface area (Å²) >= 11 is 1.59. The second-order valence-electron chi connectivity index (χ2n) is 4.62. The molecule has 2 heterocycles. The van der Waals surface area contributed by atoms with E-state index < -0.39 is 5.97 Å². The van der Waals surface area contributed by atoms with Crippen LogP contribution in [0.1, 0.15) is 44.7 Å². The molecule has 0 aliphatic heterocycles. The van der Waals surface area contributed by atoms with Crippen molar-refractivity contribution < 1.29 is 9.90 Å². The van der Waals surface area contributed by atoms with E-state index in [1.165, 1.54) is 5.56 Å². The van der Waals surface area contributed by atoms with Crippen LogP contribution in [0.4, 0.5) is 0 Å². The van der Waals surface area contributed by atoms with Crippen molar-refractivity contribution in [2.24, 2.45) is 0 Å². The van der Waals surface area contributed by atoms with Crippen molar-refractivity contribution >= 4 is 17.3 Å². The molecule has 2 aromatic heterocycles. The molecule has 0 amide bonds. The van der Waals surface area contributed by atoms with Crippen LogP contribution >= 0.6 is 11.3 Å². The molecule has 1 atom stereocenters. The van der Waals surface area contributed by atoms with Gasteiger partial charge in [0.05, 0.1) is 17.3 Å². The average molecular weight is 294 g/mol. The number of rotatable bonds is 7. The Morgan fingerprint density at radius 2 is 2.30 bits per heavy atom. The fraction of sp³-hybridized carbons (Fsp3) is 0.538. The molecule has 0 bridgehead atoms. The lowest BCUT2D eigenvalue weighted by molar-refractivity contribution is -0.138. The summed E-state index contributed by atoms with van der Waals surface area (Å²) in [6.45, 7) is 4.11. The first kappa shape index (κ1) is 14.6. The Balaban J connectivity index is 2.37. The fourth-order valence-corrected chi connectivity index (χ4v) is 3.22. The monoisotopic (exact) mass is 294 g/mol. The summed E-state index contributed by atoms with van der Waals surface area (Å²) in [6, 6.07) is 1.86. The number of nitrogens with zero attached hydrogens (tertiary/aromatic N) is 4. The summed E-state index contributed by atoms with van der Waals surface area (Å²) in [7, 11) is 0. The summed E-state index contributed by atoms with van der Waals surface area (Å²) in [5.74, 6) is -0.150. The van der Waals surface area contributed by atoms with E-state index in [4.69, 9.17) is 5.11 Å². The minimum Gasteiger partial charge on any atom is -0.481 e. The molecule has 0 saturated carbocycles. The number of carboxylic acids is 1. The Morgan fingerprint density at radius 3 is 2.95 bits per heavy atom. The van der Waals surface area contributed by atoms with Crippen LogP contribution in [0.2, 0.25) is 0 Å². The number of hydrogen-bond acceptors (Lipinski definition) is 5. The lowest BCUT2D eigenvalue weighted by Gasteiger charge is -2.15. The van der Waals surface area contributed by atoms with Crippen LogP contribution in [0, 0.1) is 0 Å². The number of hydrogen-bond donors (Lipinski definition) is 1. The fourth-order valence-electron chi connectivity index (χ4n) is 2.24. The molecule has 1 N–H and O–H groups in total. The summed E-state index contributed by atoms with van der Waals surface area (Å²) < 4.78 is 1.67. The van der Waals surface area contributed by atoms with E-state index in [0.29, 0.717) is 5.82 Å². The van der Waals surface area contributed by atoms with Gasteiger partial charge in [-0.25, -0.2) is 4.68 Å². The zero-order valence-electron chi connectivity index (χ0n) is 11.6. The Bertz CT molecular complexity index is 578. The average Bonchev–Trinajstić information content (AvgIpc) is 3.05. The van der Waals surface area contributed by atoms with Crippen molar-refractivity contribution in [2.45, 2.75) is 45.6 Å². The largest absolute Gasteiger partial charge is 0.481 e. The molecule has 108 valence electrons. The second-order valence-corrected chi connectivity index (χ2v) is 5.53. The minimum atomic E-state index is -0.827. The first-order chi connectivity index (χ1) is 9.67. The molecule has 0 saturated heterocycles. The van der Waals surface area contributed by atoms with Crippen molar-refractivity contribution in [2.75, 3.05) is 0 Å². The van der Waals surface area contributed by atoms with Crippen LogP contribution in [-0.2, 0) is 11.2 Å². The van der Waals surface area contributed by atoms with Gasteiger partial charge in [0.2, 0.25) is 0 Å². The highest BCUT2D eigenvalue weighted by Gasteiger charge is 2.22. The Kier molecular flexibility index (Phi) is 4.84. The number of thiophene rings is 1. The zero-order chi connectivity index (χ0) is 14.5. The highest BCUT2D eigenvalue weighted by molar-refractivity contribution is 7.13. The molecule has 7 heteroatoms. The summed E-state index contributed by atoms with van der Waals surface area (Å²) in [5, 5.41) is 22.9. The number of carboxylic acid groups (broad SMARTS) is 1. The van der Waals surface area contributed by atoms with Crippen LogP contribution in [-0.4, -0.2) is 31.3 Å². The molecule has 6 nitrogen and oxygen atoms in total. The van der Waals surface area contributed by atoms with E-state index in [1.54, 1.807) is 16.0 Å². The van der Waals surface area contributed by atoms with E-state index in [-0.39, 0.29) is 12.5 Å². The van der Waals surface area contributed by atoms with Crippen molar-refractivity contribution in [1.29, 1.82) is 0 Å². The Morgan fingerprint density at radius 1 is 1.50 bits per heavy atom. The number of aryl methyl sites for hydroxylation is 1. The maximum Gasteiger partial charge on any atom is 0.305 e. The van der Waals surface area contributed by atoms with Gasteiger partial charge in [-0.1, -0.05) is 20.3 Å². The van der Waals surface area contributed by atoms with Gasteiger partial charge in [-0.05, 0) is 40.3 Å². The first-order valence-electron chi connectivity index (χ1n) is 6.73. The SMILES string of the molecule is CCCC(CC(=O)O)n1nnnc1-c1sccc1CC. The van der Waals surface area contributed by atoms with E-state index in [1.807, 2.05) is 12.3 Å². The second kappa shape index (κ2) is 6.60. The van der Waals surface area contributed by atoms with Gasteiger partial charge >= 0.3 is 5.97 Å². The quantitative estimate of drug-likeness (QED) is 0.849. The van der Waals surface area contributed by atoms with Crippen LogP contribution < -0.4 is 0 Å². The molecule has 2 aromatic rings. The maximum atomic E-state index is 11.0. The molecule has 0 aliphatic carbocycles. The summed E-state index contributed by atoms with van der Waals surface area (Å²) in [6.07, 6.45) is 2.58. The van der Waals surface area contributed by atoms with Gasteiger partial charge in [0.15, 0.2) is 5.82 Å². The molecule has 0 spiro atoms. The van der Waals surface area contributed by atoms with Crippen molar-refractivity contribution in [3.8, 4) is 10.7 Å². The molecule has 0 aromatic carbocycles. The maximum absolute atomic E-state index is 11.0. The molecule has 20 heavy (non-hydrogen) atoms. The van der Waals surface area contributed by atoms with Crippen LogP contribution in [0.3, 0.4) is 0 Å². The van der Waals surface area contributed by atoms with Crippen LogP contribution in [0.25, 0.3) is 10.7 Å². The smallest absolute Gasteiger partial charge is 0.305 e. The molecule has 0 fully saturated rings. The lowest BCUT2D eigenvalue weighted by Crippen LogP contribution is -2.16. The van der Waals surface area contributed by atoms with Crippen LogP contribution in [0.5, 0.6) is 0 Å². The molecular weight excluding hydrogens is 276 g/mol. The van der Waals surface area contributed by atoms with Gasteiger partial charge in [0.25, 0.3) is 0 Å². The van der Waals surface area contributed by atoms with Crippen LogP contribution in [0.15, 0.2) is 11.4 Å². The lowest BCUT2D eigenvalue weighted by atomic mass is 10.1. The summed E-state index contributed by atoms with van der Waals surface area (Å²) in [4.78, 5) is 12.1. The van der Waals surface area contributed by atoms with Crippen molar-refractivity contribution in [1.82, 2.24) is 20.2 Å². The van der Waals surface area contributed by atoms with Gasteiger partial charge < -0.3 is 5.11 Å². The normalized spacial score (nSPS) is 12.5. The topological polar surface area (TPSA) is 80.9 Å². The molecule has 0 radical (unpaired) electrons. The van der Waals surface area contributed by atoms with E-state index in [0.717, 1.165) is 24.1 Å². The van der Waals surface area contributed by atoms with E-state index >= 15 is 0 Å². The van der Waals surface area contributed by atoms with Gasteiger partial charge in [-0.2, -0.15) is 0 Å². The third-order valence-electron chi connectivity index (χ3n) is 3.20. The number of aliphatic carboxylic acids is 1. The molecule has 0 aliphatic rings. The third-order valence-corrected chi connectivity index (χ3v) is 4.15. The highest BCUT2D eigenvalue weighted by Crippen LogP contribution is 2.31. The number of carbonyl (C=O) groups is 1. The van der Waals surface area contributed by atoms with E-state index in [2.05, 4.69) is 28.5 Å². The van der Waals surface area contributed by atoms with Gasteiger partial charge in [0, 0.05) is 0 Å². The number of tetrazole rings is 1. The molecular formula is C13H18N4O2S. The molecule has 1 unspecified atom stereocenters. The predicted octanol–water partition coefficient (Wildman–Crippen LogP) is 2.78. The standard InChI is InChI=1S/C13H18N4O2S/c1-3-5-10(8-11(18)19)17-13(14-15-16-17)12-9(4-2)6-7-20-12/h6-7,10H,3-5,8H2,1-2H3,(H,18,19).